The predicted molar refractivity (Wildman–Crippen MR) is 75.3 cm³/mol. The number of carbonyl (C=O) groups excluding carboxylic acids is 1. The second kappa shape index (κ2) is 5.66. The van der Waals surface area contributed by atoms with Crippen molar-refractivity contribution in [1.82, 2.24) is 0 Å². The SMILES string of the molecule is O=C=NC1(c2cc3c(c(Cl)c2F)OCCCO3)CCCC1. The van der Waals surface area contributed by atoms with E-state index in [-0.39, 0.29) is 10.8 Å². The van der Waals surface area contributed by atoms with E-state index >= 15 is 0 Å². The number of hydrogen-bond acceptors (Lipinski definition) is 4. The Bertz CT molecular complexity index is 607. The van der Waals surface area contributed by atoms with Crippen LogP contribution in [0.4, 0.5) is 4.39 Å². The molecule has 0 amide bonds. The van der Waals surface area contributed by atoms with Crippen molar-refractivity contribution in [3.8, 4) is 11.5 Å². The Hall–Kier alpha value is -1.58. The molecule has 1 aromatic rings. The van der Waals surface area contributed by atoms with Crippen LogP contribution in [0.1, 0.15) is 37.7 Å². The lowest BCUT2D eigenvalue weighted by molar-refractivity contribution is 0.296. The van der Waals surface area contributed by atoms with Crippen molar-refractivity contribution < 1.29 is 18.7 Å². The number of rotatable bonds is 2. The van der Waals surface area contributed by atoms with Gasteiger partial charge in [0.25, 0.3) is 0 Å². The Morgan fingerprint density at radius 1 is 1.24 bits per heavy atom. The van der Waals surface area contributed by atoms with Gasteiger partial charge in [0.1, 0.15) is 10.6 Å². The molecule has 1 saturated carbocycles. The molecule has 6 heteroatoms. The first kappa shape index (κ1) is 14.4. The van der Waals surface area contributed by atoms with Crippen molar-refractivity contribution in [1.29, 1.82) is 0 Å². The molecule has 112 valence electrons. The van der Waals surface area contributed by atoms with Crippen molar-refractivity contribution in [2.45, 2.75) is 37.6 Å². The largest absolute Gasteiger partial charge is 0.489 e. The van der Waals surface area contributed by atoms with Crippen molar-refractivity contribution >= 4 is 17.7 Å². The molecular weight excluding hydrogens is 297 g/mol. The zero-order chi connectivity index (χ0) is 14.9. The molecule has 1 fully saturated rings. The molecule has 4 nitrogen and oxygen atoms in total. The number of hydrogen-bond donors (Lipinski definition) is 0. The van der Waals surface area contributed by atoms with Crippen LogP contribution >= 0.6 is 11.6 Å². The van der Waals surface area contributed by atoms with E-state index in [0.29, 0.717) is 43.8 Å². The lowest BCUT2D eigenvalue weighted by atomic mass is 9.88. The third-order valence-corrected chi connectivity index (χ3v) is 4.45. The van der Waals surface area contributed by atoms with Gasteiger partial charge in [0.2, 0.25) is 6.08 Å². The fourth-order valence-electron chi connectivity index (χ4n) is 3.07. The number of nitrogens with zero attached hydrogens (tertiary/aromatic N) is 1. The van der Waals surface area contributed by atoms with Crippen LogP contribution < -0.4 is 9.47 Å². The molecule has 0 radical (unpaired) electrons. The summed E-state index contributed by atoms with van der Waals surface area (Å²) in [6.07, 6.45) is 5.27. The first-order valence-electron chi connectivity index (χ1n) is 7.05. The Balaban J connectivity index is 2.17. The van der Waals surface area contributed by atoms with E-state index < -0.39 is 11.4 Å². The first-order chi connectivity index (χ1) is 10.2. The first-order valence-corrected chi connectivity index (χ1v) is 7.43. The smallest absolute Gasteiger partial charge is 0.235 e. The monoisotopic (exact) mass is 311 g/mol. The second-order valence-corrected chi connectivity index (χ2v) is 5.75. The Morgan fingerprint density at radius 3 is 2.67 bits per heavy atom. The Morgan fingerprint density at radius 2 is 1.95 bits per heavy atom. The van der Waals surface area contributed by atoms with E-state index in [0.717, 1.165) is 12.8 Å². The van der Waals surface area contributed by atoms with Crippen molar-refractivity contribution in [3.63, 3.8) is 0 Å². The highest BCUT2D eigenvalue weighted by atomic mass is 35.5. The molecular formula is C15H15ClFNO3. The van der Waals surface area contributed by atoms with Gasteiger partial charge in [-0.25, -0.2) is 9.18 Å². The second-order valence-electron chi connectivity index (χ2n) is 5.37. The van der Waals surface area contributed by atoms with Crippen LogP contribution in [0.2, 0.25) is 5.02 Å². The van der Waals surface area contributed by atoms with Crippen molar-refractivity contribution in [2.75, 3.05) is 13.2 Å². The van der Waals surface area contributed by atoms with E-state index in [1.54, 1.807) is 12.1 Å². The third kappa shape index (κ3) is 2.41. The van der Waals surface area contributed by atoms with Gasteiger partial charge < -0.3 is 9.47 Å². The van der Waals surface area contributed by atoms with Gasteiger partial charge in [-0.1, -0.05) is 24.4 Å². The van der Waals surface area contributed by atoms with E-state index in [1.165, 1.54) is 0 Å². The zero-order valence-electron chi connectivity index (χ0n) is 11.5. The molecule has 1 aromatic carbocycles. The minimum absolute atomic E-state index is 0.100. The molecule has 2 aliphatic rings. The van der Waals surface area contributed by atoms with Crippen LogP contribution in [0.5, 0.6) is 11.5 Å². The van der Waals surface area contributed by atoms with E-state index in [4.69, 9.17) is 21.1 Å². The van der Waals surface area contributed by atoms with Crippen LogP contribution in [0.3, 0.4) is 0 Å². The van der Waals surface area contributed by atoms with E-state index in [9.17, 15) is 9.18 Å². The molecule has 0 unspecified atom stereocenters. The molecule has 0 saturated heterocycles. The molecule has 0 atom stereocenters. The zero-order valence-corrected chi connectivity index (χ0v) is 12.2. The van der Waals surface area contributed by atoms with Crippen LogP contribution in [-0.2, 0) is 10.3 Å². The van der Waals surface area contributed by atoms with Gasteiger partial charge >= 0.3 is 0 Å². The summed E-state index contributed by atoms with van der Waals surface area (Å²) in [5.41, 5.74) is -0.572. The molecule has 1 aliphatic heterocycles. The summed E-state index contributed by atoms with van der Waals surface area (Å²) in [6.45, 7) is 0.918. The summed E-state index contributed by atoms with van der Waals surface area (Å²) in [5.74, 6) is 0.0711. The van der Waals surface area contributed by atoms with Crippen LogP contribution in [0, 0.1) is 5.82 Å². The molecule has 1 aliphatic carbocycles. The highest BCUT2D eigenvalue weighted by Gasteiger charge is 2.40. The molecule has 21 heavy (non-hydrogen) atoms. The molecule has 0 aromatic heterocycles. The van der Waals surface area contributed by atoms with Crippen LogP contribution in [0.25, 0.3) is 0 Å². The summed E-state index contributed by atoms with van der Waals surface area (Å²) in [4.78, 5) is 14.7. The number of fused-ring (bicyclic) bond motifs is 1. The predicted octanol–water partition coefficient (Wildman–Crippen LogP) is 3.75. The minimum atomic E-state index is -0.875. The summed E-state index contributed by atoms with van der Waals surface area (Å²) < 4.78 is 25.7. The molecule has 0 spiro atoms. The van der Waals surface area contributed by atoms with Gasteiger partial charge in [0.15, 0.2) is 17.3 Å². The fourth-order valence-corrected chi connectivity index (χ4v) is 3.32. The maximum absolute atomic E-state index is 14.7. The number of benzene rings is 1. The molecule has 0 N–H and O–H groups in total. The lowest BCUT2D eigenvalue weighted by Gasteiger charge is -2.25. The summed E-state index contributed by atoms with van der Waals surface area (Å²) >= 11 is 6.11. The van der Waals surface area contributed by atoms with Crippen LogP contribution in [-0.4, -0.2) is 19.3 Å². The molecule has 3 rings (SSSR count). The normalized spacial score (nSPS) is 19.7. The van der Waals surface area contributed by atoms with Gasteiger partial charge in [-0.15, -0.1) is 0 Å². The average Bonchev–Trinajstić information content (AvgIpc) is 2.81. The highest BCUT2D eigenvalue weighted by molar-refractivity contribution is 6.32. The van der Waals surface area contributed by atoms with Gasteiger partial charge in [0, 0.05) is 12.0 Å². The topological polar surface area (TPSA) is 47.9 Å². The fraction of sp³-hybridized carbons (Fsp3) is 0.533. The van der Waals surface area contributed by atoms with Crippen LogP contribution in [0.15, 0.2) is 11.1 Å². The minimum Gasteiger partial charge on any atom is -0.489 e. The quantitative estimate of drug-likeness (QED) is 0.617. The Kier molecular flexibility index (Phi) is 3.87. The summed E-state index contributed by atoms with van der Waals surface area (Å²) in [7, 11) is 0. The number of halogens is 2. The highest BCUT2D eigenvalue weighted by Crippen LogP contribution is 2.49. The van der Waals surface area contributed by atoms with Gasteiger partial charge in [-0.2, -0.15) is 4.99 Å². The number of ether oxygens (including phenoxy) is 2. The van der Waals surface area contributed by atoms with Gasteiger partial charge in [0.05, 0.1) is 13.2 Å². The maximum atomic E-state index is 14.7. The van der Waals surface area contributed by atoms with Crippen molar-refractivity contribution in [2.24, 2.45) is 4.99 Å². The number of aliphatic imine (C=N–C) groups is 1. The van der Waals surface area contributed by atoms with Crippen molar-refractivity contribution in [3.05, 3.63) is 22.5 Å². The third-order valence-electron chi connectivity index (χ3n) is 4.11. The lowest BCUT2D eigenvalue weighted by Crippen LogP contribution is -2.21. The summed E-state index contributed by atoms with van der Waals surface area (Å²) in [5, 5.41) is -0.100. The standard InChI is InChI=1S/C15H15ClFNO3/c16-12-13(17)10(15(18-9-19)4-1-2-5-15)8-11-14(12)21-7-3-6-20-11/h8H,1-7H2. The Labute approximate surface area is 126 Å². The van der Waals surface area contributed by atoms with Gasteiger partial charge in [-0.3, -0.25) is 0 Å². The van der Waals surface area contributed by atoms with E-state index in [1.807, 2.05) is 0 Å². The van der Waals surface area contributed by atoms with E-state index in [2.05, 4.69) is 4.99 Å². The summed E-state index contributed by atoms with van der Waals surface area (Å²) in [6, 6.07) is 1.58. The average molecular weight is 312 g/mol. The number of isocyanates is 1. The van der Waals surface area contributed by atoms with Gasteiger partial charge in [-0.05, 0) is 18.9 Å². The molecule has 1 heterocycles. The maximum Gasteiger partial charge on any atom is 0.235 e. The molecule has 0 bridgehead atoms.